The number of hydrogen-bond donors (Lipinski definition) is 3. The molecule has 0 aromatic carbocycles. The number of hydrogen-bond acceptors (Lipinski definition) is 5. The summed E-state index contributed by atoms with van der Waals surface area (Å²) in [5.74, 6) is -0.848. The van der Waals surface area contributed by atoms with Crippen molar-refractivity contribution in [3.63, 3.8) is 0 Å². The van der Waals surface area contributed by atoms with Crippen LogP contribution in [-0.4, -0.2) is 36.0 Å². The van der Waals surface area contributed by atoms with E-state index in [0.29, 0.717) is 12.1 Å². The van der Waals surface area contributed by atoms with Crippen LogP contribution >= 0.6 is 0 Å². The lowest BCUT2D eigenvalue weighted by atomic mass is 10.0. The minimum Gasteiger partial charge on any atom is -0.453 e. The molecular formula is C14H20N4O4. The summed E-state index contributed by atoms with van der Waals surface area (Å²) in [4.78, 5) is 38.3. The van der Waals surface area contributed by atoms with E-state index in [4.69, 9.17) is 5.73 Å². The number of carbonyl (C=O) groups excluding carboxylic acids is 3. The van der Waals surface area contributed by atoms with Crippen molar-refractivity contribution in [1.29, 1.82) is 0 Å². The Morgan fingerprint density at radius 1 is 1.32 bits per heavy atom. The van der Waals surface area contributed by atoms with E-state index in [9.17, 15) is 14.4 Å². The van der Waals surface area contributed by atoms with Gasteiger partial charge in [0.05, 0.1) is 19.0 Å². The van der Waals surface area contributed by atoms with Gasteiger partial charge in [0.1, 0.15) is 11.7 Å². The molecule has 1 rings (SSSR count). The van der Waals surface area contributed by atoms with E-state index in [1.165, 1.54) is 25.4 Å². The molecule has 0 fully saturated rings. The number of nitrogens with one attached hydrogen (secondary N) is 2. The van der Waals surface area contributed by atoms with Gasteiger partial charge >= 0.3 is 6.09 Å². The van der Waals surface area contributed by atoms with Gasteiger partial charge in [0.2, 0.25) is 5.91 Å². The van der Waals surface area contributed by atoms with Crippen molar-refractivity contribution in [1.82, 2.24) is 10.3 Å². The van der Waals surface area contributed by atoms with Crippen LogP contribution in [0.4, 0.5) is 10.5 Å². The Labute approximate surface area is 128 Å². The Hall–Kier alpha value is -2.64. The normalized spacial score (nSPS) is 11.6. The number of primary amides is 1. The third-order valence-corrected chi connectivity index (χ3v) is 2.78. The van der Waals surface area contributed by atoms with E-state index in [1.54, 1.807) is 0 Å². The van der Waals surface area contributed by atoms with E-state index in [-0.39, 0.29) is 11.6 Å². The molecule has 0 saturated heterocycles. The van der Waals surface area contributed by atoms with Gasteiger partial charge in [-0.3, -0.25) is 9.59 Å². The zero-order valence-corrected chi connectivity index (χ0v) is 12.8. The van der Waals surface area contributed by atoms with Gasteiger partial charge < -0.3 is 21.1 Å². The highest BCUT2D eigenvalue weighted by molar-refractivity contribution is 5.97. The van der Waals surface area contributed by atoms with Crippen molar-refractivity contribution in [2.24, 2.45) is 11.7 Å². The number of methoxy groups -OCH3 is 1. The number of anilines is 1. The van der Waals surface area contributed by atoms with Crippen LogP contribution in [0.1, 0.15) is 30.8 Å². The van der Waals surface area contributed by atoms with E-state index in [2.05, 4.69) is 20.4 Å². The molecule has 8 nitrogen and oxygen atoms in total. The van der Waals surface area contributed by atoms with Gasteiger partial charge in [0.15, 0.2) is 0 Å². The standard InChI is InChI=1S/C14H20N4O4/c1-8(2)6-11(18-14(21)22-3)13(20)17-9-4-5-10(12(15)19)16-7-9/h4-5,7-8,11H,6H2,1-3H3,(H2,15,19)(H,17,20)(H,18,21)/t11-/m0/s1. The number of aromatic nitrogens is 1. The third kappa shape index (κ3) is 5.39. The summed E-state index contributed by atoms with van der Waals surface area (Å²) in [6.07, 6.45) is 1.10. The molecule has 0 radical (unpaired) electrons. The average molecular weight is 308 g/mol. The summed E-state index contributed by atoms with van der Waals surface area (Å²) >= 11 is 0. The van der Waals surface area contributed by atoms with Crippen LogP contribution in [0.15, 0.2) is 18.3 Å². The van der Waals surface area contributed by atoms with Crippen LogP contribution in [0, 0.1) is 5.92 Å². The summed E-state index contributed by atoms with van der Waals surface area (Å²) in [5, 5.41) is 5.10. The minimum atomic E-state index is -0.733. The fourth-order valence-electron chi connectivity index (χ4n) is 1.75. The predicted molar refractivity (Wildman–Crippen MR) is 80.2 cm³/mol. The number of rotatable bonds is 6. The number of nitrogens with two attached hydrogens (primary N) is 1. The summed E-state index contributed by atoms with van der Waals surface area (Å²) in [5.41, 5.74) is 5.59. The highest BCUT2D eigenvalue weighted by atomic mass is 16.5. The zero-order valence-electron chi connectivity index (χ0n) is 12.8. The molecule has 0 aliphatic heterocycles. The molecule has 1 aromatic heterocycles. The van der Waals surface area contributed by atoms with E-state index in [0.717, 1.165) is 0 Å². The summed E-state index contributed by atoms with van der Waals surface area (Å²) in [6.45, 7) is 3.87. The van der Waals surface area contributed by atoms with Crippen LogP contribution in [-0.2, 0) is 9.53 Å². The molecular weight excluding hydrogens is 288 g/mol. The number of alkyl carbamates (subject to hydrolysis) is 1. The molecule has 4 N–H and O–H groups in total. The Kier molecular flexibility index (Phi) is 6.30. The first-order chi connectivity index (χ1) is 10.3. The molecule has 22 heavy (non-hydrogen) atoms. The van der Waals surface area contributed by atoms with Crippen molar-refractivity contribution in [2.75, 3.05) is 12.4 Å². The fourth-order valence-corrected chi connectivity index (χ4v) is 1.75. The SMILES string of the molecule is COC(=O)N[C@@H](CC(C)C)C(=O)Nc1ccc(C(N)=O)nc1. The van der Waals surface area contributed by atoms with Crippen molar-refractivity contribution >= 4 is 23.6 Å². The van der Waals surface area contributed by atoms with Gasteiger partial charge in [-0.1, -0.05) is 13.8 Å². The largest absolute Gasteiger partial charge is 0.453 e. The number of carbonyl (C=O) groups is 3. The van der Waals surface area contributed by atoms with E-state index < -0.39 is 23.9 Å². The van der Waals surface area contributed by atoms with Gasteiger partial charge in [0, 0.05) is 0 Å². The monoisotopic (exact) mass is 308 g/mol. The van der Waals surface area contributed by atoms with Gasteiger partial charge in [-0.2, -0.15) is 0 Å². The van der Waals surface area contributed by atoms with Gasteiger partial charge in [-0.05, 0) is 24.5 Å². The molecule has 0 spiro atoms. The fraction of sp³-hybridized carbons (Fsp3) is 0.429. The Bertz CT molecular complexity index is 542. The first kappa shape index (κ1) is 17.4. The first-order valence-electron chi connectivity index (χ1n) is 6.74. The molecule has 3 amide bonds. The molecule has 1 heterocycles. The Morgan fingerprint density at radius 2 is 2.00 bits per heavy atom. The highest BCUT2D eigenvalue weighted by Crippen LogP contribution is 2.10. The molecule has 120 valence electrons. The molecule has 0 bridgehead atoms. The van der Waals surface area contributed by atoms with E-state index >= 15 is 0 Å². The van der Waals surface area contributed by atoms with Gasteiger partial charge in [0.25, 0.3) is 5.91 Å². The maximum atomic E-state index is 12.2. The minimum absolute atomic E-state index is 0.101. The van der Waals surface area contributed by atoms with Crippen molar-refractivity contribution < 1.29 is 19.1 Å². The molecule has 0 aliphatic carbocycles. The quantitative estimate of drug-likeness (QED) is 0.720. The Morgan fingerprint density at radius 3 is 2.45 bits per heavy atom. The first-order valence-corrected chi connectivity index (χ1v) is 6.74. The molecule has 8 heteroatoms. The number of pyridine rings is 1. The maximum absolute atomic E-state index is 12.2. The van der Waals surface area contributed by atoms with Crippen molar-refractivity contribution in [3.05, 3.63) is 24.0 Å². The smallest absolute Gasteiger partial charge is 0.407 e. The number of nitrogens with zero attached hydrogens (tertiary/aromatic N) is 1. The van der Waals surface area contributed by atoms with Crippen LogP contribution in [0.2, 0.25) is 0 Å². The van der Waals surface area contributed by atoms with Gasteiger partial charge in [-0.25, -0.2) is 9.78 Å². The average Bonchev–Trinajstić information content (AvgIpc) is 2.46. The van der Waals surface area contributed by atoms with Crippen LogP contribution in [0.3, 0.4) is 0 Å². The van der Waals surface area contributed by atoms with Crippen LogP contribution in [0.25, 0.3) is 0 Å². The topological polar surface area (TPSA) is 123 Å². The molecule has 0 unspecified atom stereocenters. The number of amides is 3. The molecule has 0 aliphatic rings. The van der Waals surface area contributed by atoms with E-state index in [1.807, 2.05) is 13.8 Å². The second-order valence-corrected chi connectivity index (χ2v) is 5.10. The summed E-state index contributed by atoms with van der Waals surface area (Å²) in [7, 11) is 1.23. The number of ether oxygens (including phenoxy) is 1. The second-order valence-electron chi connectivity index (χ2n) is 5.10. The van der Waals surface area contributed by atoms with Crippen LogP contribution < -0.4 is 16.4 Å². The maximum Gasteiger partial charge on any atom is 0.407 e. The summed E-state index contributed by atoms with van der Waals surface area (Å²) in [6, 6.07) is 2.18. The molecule has 0 saturated carbocycles. The lowest BCUT2D eigenvalue weighted by Crippen LogP contribution is -2.44. The van der Waals surface area contributed by atoms with Gasteiger partial charge in [-0.15, -0.1) is 0 Å². The molecule has 1 atom stereocenters. The van der Waals surface area contributed by atoms with Crippen molar-refractivity contribution in [2.45, 2.75) is 26.3 Å². The third-order valence-electron chi connectivity index (χ3n) is 2.78. The highest BCUT2D eigenvalue weighted by Gasteiger charge is 2.22. The van der Waals surface area contributed by atoms with Crippen LogP contribution in [0.5, 0.6) is 0 Å². The predicted octanol–water partition coefficient (Wildman–Crippen LogP) is 0.890. The van der Waals surface area contributed by atoms with Crippen molar-refractivity contribution in [3.8, 4) is 0 Å². The Balaban J connectivity index is 2.76. The lowest BCUT2D eigenvalue weighted by Gasteiger charge is -2.19. The summed E-state index contributed by atoms with van der Waals surface area (Å²) < 4.78 is 4.51. The second kappa shape index (κ2) is 7.96. The molecule has 1 aromatic rings. The lowest BCUT2D eigenvalue weighted by molar-refractivity contribution is -0.118. The zero-order chi connectivity index (χ0) is 16.7.